The minimum Gasteiger partial charge on any atom is -0.507 e. The van der Waals surface area contributed by atoms with Crippen molar-refractivity contribution in [3.05, 3.63) is 57.2 Å². The Morgan fingerprint density at radius 1 is 0.833 bits per heavy atom. The second kappa shape index (κ2) is 17.6. The Bertz CT molecular complexity index is 1170. The molecular formula is C36H56O5S. The number of aromatic hydroxyl groups is 1. The standard InChI is InChI=1S/C36H56O5S/c1-23(2)16-13-17-25(5)18-14-19-26(6)20-15-21-36(12,41-31(11)38)22-32(42-24(3)4)33-29(9)35(40-30(10)37)28(8)27(7)34(33)39/h16,18,20,24,32,39H,13-15,17,19,21-22H2,1-12H3/b25-18+,26-20+/t32?,36-/m1/s1. The number of hydrogen-bond donors (Lipinski definition) is 1. The van der Waals surface area contributed by atoms with Gasteiger partial charge < -0.3 is 14.6 Å². The SMILES string of the molecule is CC(=O)Oc1c(C)c(C)c(O)c(C(C[C@@](C)(CC/C=C(\C)CC/C=C(\C)CCC=C(C)C)OC(C)=O)SC(C)C)c1C. The van der Waals surface area contributed by atoms with Gasteiger partial charge in [-0.15, -0.1) is 0 Å². The number of rotatable bonds is 16. The number of ether oxygens (including phenoxy) is 2. The van der Waals surface area contributed by atoms with Crippen molar-refractivity contribution in [3.8, 4) is 11.5 Å². The van der Waals surface area contributed by atoms with Crippen LogP contribution in [0, 0.1) is 20.8 Å². The van der Waals surface area contributed by atoms with Crippen molar-refractivity contribution in [1.82, 2.24) is 0 Å². The van der Waals surface area contributed by atoms with E-state index in [-0.39, 0.29) is 22.2 Å². The van der Waals surface area contributed by atoms with Crippen LogP contribution in [0.4, 0.5) is 0 Å². The van der Waals surface area contributed by atoms with Gasteiger partial charge in [0, 0.05) is 36.6 Å². The summed E-state index contributed by atoms with van der Waals surface area (Å²) in [5.74, 6) is -0.00579. The van der Waals surface area contributed by atoms with Crippen molar-refractivity contribution in [2.24, 2.45) is 0 Å². The van der Waals surface area contributed by atoms with Gasteiger partial charge in [0.1, 0.15) is 17.1 Å². The Balaban J connectivity index is 3.20. The molecule has 0 radical (unpaired) electrons. The van der Waals surface area contributed by atoms with Crippen molar-refractivity contribution in [2.75, 3.05) is 0 Å². The molecule has 0 bridgehead atoms. The first-order chi connectivity index (χ1) is 19.5. The molecule has 6 heteroatoms. The third kappa shape index (κ3) is 12.8. The van der Waals surface area contributed by atoms with E-state index in [4.69, 9.17) is 9.47 Å². The summed E-state index contributed by atoms with van der Waals surface area (Å²) in [5, 5.41) is 11.4. The zero-order chi connectivity index (χ0) is 32.2. The summed E-state index contributed by atoms with van der Waals surface area (Å²) in [4.78, 5) is 24.2. The van der Waals surface area contributed by atoms with Crippen LogP contribution in [0.2, 0.25) is 0 Å². The van der Waals surface area contributed by atoms with Crippen LogP contribution in [0.1, 0.15) is 135 Å². The Morgan fingerprint density at radius 3 is 1.88 bits per heavy atom. The second-order valence-corrected chi connectivity index (χ2v) is 14.3. The van der Waals surface area contributed by atoms with Crippen LogP contribution in [0.5, 0.6) is 11.5 Å². The molecule has 0 saturated carbocycles. The normalized spacial score (nSPS) is 14.4. The van der Waals surface area contributed by atoms with Crippen molar-refractivity contribution in [2.45, 2.75) is 144 Å². The zero-order valence-corrected chi connectivity index (χ0v) is 29.1. The molecule has 0 aromatic heterocycles. The van der Waals surface area contributed by atoms with Crippen molar-refractivity contribution < 1.29 is 24.2 Å². The molecule has 0 spiro atoms. The van der Waals surface area contributed by atoms with E-state index < -0.39 is 11.6 Å². The first kappa shape index (κ1) is 37.6. The smallest absolute Gasteiger partial charge is 0.308 e. The maximum atomic E-state index is 12.3. The molecule has 1 N–H and O–H groups in total. The van der Waals surface area contributed by atoms with Crippen molar-refractivity contribution >= 4 is 23.7 Å². The molecule has 2 atom stereocenters. The van der Waals surface area contributed by atoms with Gasteiger partial charge in [0.05, 0.1) is 0 Å². The number of hydrogen-bond acceptors (Lipinski definition) is 6. The first-order valence-electron chi connectivity index (χ1n) is 15.3. The molecule has 0 aliphatic rings. The van der Waals surface area contributed by atoms with Gasteiger partial charge in [-0.05, 0) is 110 Å². The van der Waals surface area contributed by atoms with Gasteiger partial charge in [-0.1, -0.05) is 48.8 Å². The van der Waals surface area contributed by atoms with E-state index in [1.54, 1.807) is 11.8 Å². The highest BCUT2D eigenvalue weighted by Crippen LogP contribution is 2.49. The molecule has 0 fully saturated rings. The molecule has 0 aliphatic carbocycles. The maximum Gasteiger partial charge on any atom is 0.308 e. The maximum absolute atomic E-state index is 12.3. The lowest BCUT2D eigenvalue weighted by Crippen LogP contribution is -2.33. The fraction of sp³-hybridized carbons (Fsp3) is 0.611. The van der Waals surface area contributed by atoms with E-state index in [0.29, 0.717) is 24.2 Å². The number of phenolic OH excluding ortho intramolecular Hbond substituents is 1. The van der Waals surface area contributed by atoms with Crippen LogP contribution in [0.25, 0.3) is 0 Å². The van der Waals surface area contributed by atoms with E-state index in [0.717, 1.165) is 48.8 Å². The number of carbonyl (C=O) groups excluding carboxylic acids is 2. The van der Waals surface area contributed by atoms with Crippen LogP contribution >= 0.6 is 11.8 Å². The Labute approximate surface area is 260 Å². The highest BCUT2D eigenvalue weighted by molar-refractivity contribution is 8.00. The van der Waals surface area contributed by atoms with Crippen LogP contribution in [-0.2, 0) is 14.3 Å². The average molecular weight is 601 g/mol. The number of carbonyl (C=O) groups is 2. The lowest BCUT2D eigenvalue weighted by atomic mass is 9.87. The summed E-state index contributed by atoms with van der Waals surface area (Å²) in [6.07, 6.45) is 13.1. The van der Waals surface area contributed by atoms with Gasteiger partial charge in [0.2, 0.25) is 0 Å². The van der Waals surface area contributed by atoms with Crippen molar-refractivity contribution in [3.63, 3.8) is 0 Å². The third-order valence-electron chi connectivity index (χ3n) is 7.56. The van der Waals surface area contributed by atoms with E-state index in [1.165, 1.54) is 30.6 Å². The number of phenols is 1. The molecule has 0 heterocycles. The molecule has 236 valence electrons. The van der Waals surface area contributed by atoms with E-state index in [1.807, 2.05) is 27.7 Å². The van der Waals surface area contributed by atoms with Crippen LogP contribution in [0.15, 0.2) is 34.9 Å². The van der Waals surface area contributed by atoms with Crippen LogP contribution < -0.4 is 4.74 Å². The number of esters is 2. The molecule has 1 rings (SSSR count). The second-order valence-electron chi connectivity index (χ2n) is 12.5. The van der Waals surface area contributed by atoms with E-state index in [2.05, 4.69) is 59.8 Å². The largest absolute Gasteiger partial charge is 0.507 e. The molecular weight excluding hydrogens is 544 g/mol. The highest BCUT2D eigenvalue weighted by Gasteiger charge is 2.35. The van der Waals surface area contributed by atoms with Crippen molar-refractivity contribution in [1.29, 1.82) is 0 Å². The lowest BCUT2D eigenvalue weighted by molar-refractivity contribution is -0.156. The molecule has 42 heavy (non-hydrogen) atoms. The summed E-state index contributed by atoms with van der Waals surface area (Å²) < 4.78 is 11.6. The zero-order valence-electron chi connectivity index (χ0n) is 28.3. The molecule has 1 aromatic carbocycles. The quantitative estimate of drug-likeness (QED) is 0.116. The third-order valence-corrected chi connectivity index (χ3v) is 8.83. The van der Waals surface area contributed by atoms with Gasteiger partial charge in [0.15, 0.2) is 0 Å². The number of benzene rings is 1. The summed E-state index contributed by atoms with van der Waals surface area (Å²) in [6.45, 7) is 23.3. The van der Waals surface area contributed by atoms with Gasteiger partial charge in [-0.2, -0.15) is 11.8 Å². The molecule has 0 aliphatic heterocycles. The fourth-order valence-electron chi connectivity index (χ4n) is 5.27. The molecule has 1 unspecified atom stereocenters. The Kier molecular flexibility index (Phi) is 15.7. The molecule has 1 aromatic rings. The summed E-state index contributed by atoms with van der Waals surface area (Å²) in [6, 6.07) is 0. The Morgan fingerprint density at radius 2 is 1.38 bits per heavy atom. The summed E-state index contributed by atoms with van der Waals surface area (Å²) >= 11 is 1.72. The lowest BCUT2D eigenvalue weighted by Gasteiger charge is -2.35. The topological polar surface area (TPSA) is 72.8 Å². The molecule has 0 amide bonds. The minimum absolute atomic E-state index is 0.174. The van der Waals surface area contributed by atoms with Crippen LogP contribution in [-0.4, -0.2) is 27.9 Å². The first-order valence-corrected chi connectivity index (χ1v) is 16.2. The van der Waals surface area contributed by atoms with E-state index >= 15 is 0 Å². The highest BCUT2D eigenvalue weighted by atomic mass is 32.2. The van der Waals surface area contributed by atoms with Gasteiger partial charge >= 0.3 is 11.9 Å². The molecule has 0 saturated heterocycles. The minimum atomic E-state index is -0.740. The summed E-state index contributed by atoms with van der Waals surface area (Å²) in [5.41, 5.74) is 6.31. The molecule has 5 nitrogen and oxygen atoms in total. The fourth-order valence-corrected chi connectivity index (χ4v) is 6.80. The predicted octanol–water partition coefficient (Wildman–Crippen LogP) is 10.3. The average Bonchev–Trinajstić information content (AvgIpc) is 2.84. The summed E-state index contributed by atoms with van der Waals surface area (Å²) in [7, 11) is 0. The number of thioether (sulfide) groups is 1. The van der Waals surface area contributed by atoms with E-state index in [9.17, 15) is 14.7 Å². The van der Waals surface area contributed by atoms with Gasteiger partial charge in [0.25, 0.3) is 0 Å². The van der Waals surface area contributed by atoms with Gasteiger partial charge in [-0.3, -0.25) is 9.59 Å². The number of allylic oxidation sites excluding steroid dienone is 6. The Hall–Kier alpha value is -2.47. The van der Waals surface area contributed by atoms with Gasteiger partial charge in [-0.25, -0.2) is 0 Å². The predicted molar refractivity (Wildman–Crippen MR) is 179 cm³/mol. The monoisotopic (exact) mass is 600 g/mol. The van der Waals surface area contributed by atoms with Crippen LogP contribution in [0.3, 0.4) is 0 Å².